The van der Waals surface area contributed by atoms with Crippen LogP contribution in [-0.4, -0.2) is 21.8 Å². The summed E-state index contributed by atoms with van der Waals surface area (Å²) in [5.74, 6) is -1.04. The van der Waals surface area contributed by atoms with Gasteiger partial charge in [-0.15, -0.1) is 0 Å². The zero-order valence-electron chi connectivity index (χ0n) is 7.98. The van der Waals surface area contributed by atoms with Gasteiger partial charge in [0.05, 0.1) is 11.9 Å². The molecule has 1 aromatic rings. The first-order valence-corrected chi connectivity index (χ1v) is 4.06. The second-order valence-electron chi connectivity index (χ2n) is 2.91. The maximum Gasteiger partial charge on any atom is 0.354 e. The van der Waals surface area contributed by atoms with Crippen molar-refractivity contribution in [3.8, 4) is 0 Å². The Bertz CT molecular complexity index is 353. The van der Waals surface area contributed by atoms with Crippen LogP contribution in [0.1, 0.15) is 24.3 Å². The van der Waals surface area contributed by atoms with Crippen LogP contribution in [0.25, 0.3) is 0 Å². The molecule has 0 atom stereocenters. The molecule has 74 valence electrons. The smallest absolute Gasteiger partial charge is 0.354 e. The molecule has 14 heavy (non-hydrogen) atoms. The van der Waals surface area contributed by atoms with Crippen LogP contribution >= 0.6 is 0 Å². The largest absolute Gasteiger partial charge is 0.477 e. The molecule has 0 fully saturated rings. The van der Waals surface area contributed by atoms with Gasteiger partial charge in [0.1, 0.15) is 5.69 Å². The first-order valence-electron chi connectivity index (χ1n) is 4.06. The number of aromatic nitrogens is 1. The van der Waals surface area contributed by atoms with Crippen molar-refractivity contribution in [1.29, 1.82) is 0 Å². The molecule has 5 heteroatoms. The quantitative estimate of drug-likeness (QED) is 0.564. The second kappa shape index (κ2) is 4.36. The van der Waals surface area contributed by atoms with E-state index in [0.29, 0.717) is 5.69 Å². The van der Waals surface area contributed by atoms with E-state index in [0.717, 1.165) is 5.71 Å². The molecule has 1 aromatic heterocycles. The SMILES string of the molecule is CC(C)=NNc1ccc(C(=O)O)nc1. The Hall–Kier alpha value is -1.91. The molecule has 0 unspecified atom stereocenters. The molecule has 2 N–H and O–H groups in total. The van der Waals surface area contributed by atoms with Gasteiger partial charge in [0, 0.05) is 5.71 Å². The number of hydrazone groups is 1. The number of carboxylic acid groups (broad SMARTS) is 1. The van der Waals surface area contributed by atoms with Gasteiger partial charge in [0.15, 0.2) is 0 Å². The first kappa shape index (κ1) is 10.2. The zero-order valence-corrected chi connectivity index (χ0v) is 7.98. The van der Waals surface area contributed by atoms with Gasteiger partial charge in [-0.2, -0.15) is 5.10 Å². The number of carbonyl (C=O) groups is 1. The Morgan fingerprint density at radius 3 is 2.64 bits per heavy atom. The monoisotopic (exact) mass is 193 g/mol. The van der Waals surface area contributed by atoms with Gasteiger partial charge in [0.2, 0.25) is 0 Å². The lowest BCUT2D eigenvalue weighted by atomic mass is 10.3. The van der Waals surface area contributed by atoms with Crippen LogP contribution in [0.4, 0.5) is 5.69 Å². The van der Waals surface area contributed by atoms with Crippen LogP contribution in [0.5, 0.6) is 0 Å². The zero-order chi connectivity index (χ0) is 10.6. The molecule has 0 aliphatic carbocycles. The maximum absolute atomic E-state index is 10.5. The van der Waals surface area contributed by atoms with Crippen LogP contribution in [0.2, 0.25) is 0 Å². The molecule has 1 heterocycles. The minimum Gasteiger partial charge on any atom is -0.477 e. The van der Waals surface area contributed by atoms with Crippen molar-refractivity contribution in [2.75, 3.05) is 5.43 Å². The lowest BCUT2D eigenvalue weighted by molar-refractivity contribution is 0.0690. The predicted molar refractivity (Wildman–Crippen MR) is 53.6 cm³/mol. The Morgan fingerprint density at radius 2 is 2.21 bits per heavy atom. The molecule has 0 spiro atoms. The summed E-state index contributed by atoms with van der Waals surface area (Å²) < 4.78 is 0. The molecule has 0 amide bonds. The number of carboxylic acids is 1. The third kappa shape index (κ3) is 2.85. The van der Waals surface area contributed by atoms with Gasteiger partial charge in [0.25, 0.3) is 0 Å². The highest BCUT2D eigenvalue weighted by molar-refractivity contribution is 5.85. The van der Waals surface area contributed by atoms with Crippen molar-refractivity contribution in [2.24, 2.45) is 5.10 Å². The van der Waals surface area contributed by atoms with Crippen molar-refractivity contribution in [3.63, 3.8) is 0 Å². The Labute approximate surface area is 81.5 Å². The minimum absolute atomic E-state index is 0.0211. The third-order valence-corrected chi connectivity index (χ3v) is 1.39. The average molecular weight is 193 g/mol. The number of pyridine rings is 1. The number of hydrogen-bond acceptors (Lipinski definition) is 4. The van der Waals surface area contributed by atoms with E-state index >= 15 is 0 Å². The van der Waals surface area contributed by atoms with Crippen molar-refractivity contribution in [3.05, 3.63) is 24.0 Å². The molecular weight excluding hydrogens is 182 g/mol. The number of rotatable bonds is 3. The number of anilines is 1. The molecule has 0 saturated heterocycles. The number of hydrogen-bond donors (Lipinski definition) is 2. The molecule has 0 radical (unpaired) electrons. The lowest BCUT2D eigenvalue weighted by Gasteiger charge is -2.00. The summed E-state index contributed by atoms with van der Waals surface area (Å²) in [4.78, 5) is 14.2. The highest BCUT2D eigenvalue weighted by Gasteiger charge is 2.02. The van der Waals surface area contributed by atoms with Crippen molar-refractivity contribution in [1.82, 2.24) is 4.98 Å². The second-order valence-corrected chi connectivity index (χ2v) is 2.91. The van der Waals surface area contributed by atoms with Crippen LogP contribution < -0.4 is 5.43 Å². The van der Waals surface area contributed by atoms with E-state index in [1.807, 2.05) is 13.8 Å². The van der Waals surface area contributed by atoms with Gasteiger partial charge in [-0.3, -0.25) is 5.43 Å². The van der Waals surface area contributed by atoms with E-state index in [4.69, 9.17) is 5.11 Å². The van der Waals surface area contributed by atoms with E-state index in [1.165, 1.54) is 12.3 Å². The molecule has 0 aromatic carbocycles. The Kier molecular flexibility index (Phi) is 3.17. The summed E-state index contributed by atoms with van der Waals surface area (Å²) in [5, 5.41) is 12.5. The number of aromatic carboxylic acids is 1. The van der Waals surface area contributed by atoms with Gasteiger partial charge < -0.3 is 5.11 Å². The Morgan fingerprint density at radius 1 is 1.50 bits per heavy atom. The minimum atomic E-state index is -1.04. The molecule has 0 aliphatic heterocycles. The van der Waals surface area contributed by atoms with Crippen molar-refractivity contribution < 1.29 is 9.90 Å². The van der Waals surface area contributed by atoms with E-state index in [1.54, 1.807) is 6.07 Å². The fourth-order valence-corrected chi connectivity index (χ4v) is 0.763. The fourth-order valence-electron chi connectivity index (χ4n) is 0.763. The summed E-state index contributed by atoms with van der Waals surface area (Å²) in [5.41, 5.74) is 4.31. The summed E-state index contributed by atoms with van der Waals surface area (Å²) in [6, 6.07) is 3.04. The van der Waals surface area contributed by atoms with E-state index in [-0.39, 0.29) is 5.69 Å². The maximum atomic E-state index is 10.5. The molecule has 1 rings (SSSR count). The number of nitrogens with one attached hydrogen (secondary N) is 1. The van der Waals surface area contributed by atoms with Crippen molar-refractivity contribution in [2.45, 2.75) is 13.8 Å². The van der Waals surface area contributed by atoms with E-state index in [2.05, 4.69) is 15.5 Å². The highest BCUT2D eigenvalue weighted by Crippen LogP contribution is 2.05. The standard InChI is InChI=1S/C9H11N3O2/c1-6(2)11-12-7-3-4-8(9(13)14)10-5-7/h3-5,12H,1-2H3,(H,13,14). The van der Waals surface area contributed by atoms with Gasteiger partial charge in [-0.05, 0) is 26.0 Å². The summed E-state index contributed by atoms with van der Waals surface area (Å²) in [6.07, 6.45) is 1.43. The fraction of sp³-hybridized carbons (Fsp3) is 0.222. The lowest BCUT2D eigenvalue weighted by Crippen LogP contribution is -2.00. The Balaban J connectivity index is 2.74. The van der Waals surface area contributed by atoms with Crippen LogP contribution in [-0.2, 0) is 0 Å². The normalized spacial score (nSPS) is 9.29. The molecule has 0 bridgehead atoms. The van der Waals surface area contributed by atoms with Crippen LogP contribution in [0.15, 0.2) is 23.4 Å². The highest BCUT2D eigenvalue weighted by atomic mass is 16.4. The average Bonchev–Trinajstić information content (AvgIpc) is 2.15. The molecule has 0 saturated carbocycles. The van der Waals surface area contributed by atoms with Crippen LogP contribution in [0, 0.1) is 0 Å². The van der Waals surface area contributed by atoms with Gasteiger partial charge >= 0.3 is 5.97 Å². The molecule has 5 nitrogen and oxygen atoms in total. The molecular formula is C9H11N3O2. The number of nitrogens with zero attached hydrogens (tertiary/aromatic N) is 2. The summed E-state index contributed by atoms with van der Waals surface area (Å²) >= 11 is 0. The van der Waals surface area contributed by atoms with Crippen molar-refractivity contribution >= 4 is 17.4 Å². The van der Waals surface area contributed by atoms with E-state index < -0.39 is 5.97 Å². The summed E-state index contributed by atoms with van der Waals surface area (Å²) in [6.45, 7) is 3.71. The molecule has 0 aliphatic rings. The first-order chi connectivity index (χ1) is 6.59. The van der Waals surface area contributed by atoms with E-state index in [9.17, 15) is 4.79 Å². The topological polar surface area (TPSA) is 74.6 Å². The van der Waals surface area contributed by atoms with Gasteiger partial charge in [-0.25, -0.2) is 9.78 Å². The van der Waals surface area contributed by atoms with Crippen LogP contribution in [0.3, 0.4) is 0 Å². The third-order valence-electron chi connectivity index (χ3n) is 1.39. The van der Waals surface area contributed by atoms with Gasteiger partial charge in [-0.1, -0.05) is 0 Å². The summed E-state index contributed by atoms with van der Waals surface area (Å²) in [7, 11) is 0. The predicted octanol–water partition coefficient (Wildman–Crippen LogP) is 1.59.